The highest BCUT2D eigenvalue weighted by atomic mass is 19.1. The third-order valence-corrected chi connectivity index (χ3v) is 2.94. The van der Waals surface area contributed by atoms with E-state index in [0.717, 1.165) is 12.0 Å². The standard InChI is InChI=1S/C13H19FN2O/c1-4-9(3)12(15)13(17)16-11-7-8(2)5-6-10(11)14/h5-7,9,12H,4,15H2,1-3H3,(H,16,17)/t9-,12-/m0/s1. The van der Waals surface area contributed by atoms with Gasteiger partial charge in [-0.25, -0.2) is 4.39 Å². The van der Waals surface area contributed by atoms with Gasteiger partial charge in [-0.3, -0.25) is 4.79 Å². The quantitative estimate of drug-likeness (QED) is 0.846. The van der Waals surface area contributed by atoms with Gasteiger partial charge in [0.2, 0.25) is 5.91 Å². The smallest absolute Gasteiger partial charge is 0.241 e. The van der Waals surface area contributed by atoms with Crippen molar-refractivity contribution in [2.75, 3.05) is 5.32 Å². The molecule has 3 N–H and O–H groups in total. The number of hydrogen-bond donors (Lipinski definition) is 2. The van der Waals surface area contributed by atoms with Gasteiger partial charge in [0.05, 0.1) is 11.7 Å². The number of benzene rings is 1. The van der Waals surface area contributed by atoms with E-state index in [2.05, 4.69) is 5.32 Å². The van der Waals surface area contributed by atoms with Gasteiger partial charge in [0.15, 0.2) is 0 Å². The predicted molar refractivity (Wildman–Crippen MR) is 67.2 cm³/mol. The average Bonchev–Trinajstić information content (AvgIpc) is 2.31. The molecule has 2 atom stereocenters. The number of halogens is 1. The highest BCUT2D eigenvalue weighted by Gasteiger charge is 2.20. The van der Waals surface area contributed by atoms with Crippen molar-refractivity contribution in [3.63, 3.8) is 0 Å². The zero-order valence-electron chi connectivity index (χ0n) is 10.5. The SMILES string of the molecule is CC[C@H](C)[C@H](N)C(=O)Nc1cc(C)ccc1F. The minimum absolute atomic E-state index is 0.0721. The van der Waals surface area contributed by atoms with E-state index < -0.39 is 11.9 Å². The van der Waals surface area contributed by atoms with E-state index in [0.29, 0.717) is 0 Å². The molecule has 0 saturated carbocycles. The van der Waals surface area contributed by atoms with E-state index >= 15 is 0 Å². The van der Waals surface area contributed by atoms with Crippen LogP contribution in [0.1, 0.15) is 25.8 Å². The second-order valence-corrected chi connectivity index (χ2v) is 4.38. The fourth-order valence-electron chi connectivity index (χ4n) is 1.46. The van der Waals surface area contributed by atoms with Gasteiger partial charge in [0.25, 0.3) is 0 Å². The van der Waals surface area contributed by atoms with Gasteiger partial charge >= 0.3 is 0 Å². The zero-order valence-corrected chi connectivity index (χ0v) is 10.5. The Bertz CT molecular complexity index is 406. The Balaban J connectivity index is 2.77. The summed E-state index contributed by atoms with van der Waals surface area (Å²) in [5.41, 5.74) is 6.85. The number of hydrogen-bond acceptors (Lipinski definition) is 2. The van der Waals surface area contributed by atoms with Crippen molar-refractivity contribution >= 4 is 11.6 Å². The Hall–Kier alpha value is -1.42. The van der Waals surface area contributed by atoms with Crippen molar-refractivity contribution in [1.29, 1.82) is 0 Å². The van der Waals surface area contributed by atoms with E-state index in [1.54, 1.807) is 12.1 Å². The lowest BCUT2D eigenvalue weighted by molar-refractivity contribution is -0.118. The Morgan fingerprint density at radius 2 is 2.18 bits per heavy atom. The summed E-state index contributed by atoms with van der Waals surface area (Å²) in [6, 6.07) is 3.97. The van der Waals surface area contributed by atoms with E-state index in [1.165, 1.54) is 6.07 Å². The first kappa shape index (κ1) is 13.6. The third kappa shape index (κ3) is 3.53. The molecule has 1 amide bonds. The minimum atomic E-state index is -0.611. The van der Waals surface area contributed by atoms with Crippen LogP contribution in [0.4, 0.5) is 10.1 Å². The molecule has 0 heterocycles. The number of anilines is 1. The van der Waals surface area contributed by atoms with Crippen LogP contribution in [0, 0.1) is 18.7 Å². The van der Waals surface area contributed by atoms with Gasteiger partial charge in [-0.1, -0.05) is 26.3 Å². The molecule has 0 saturated heterocycles. The minimum Gasteiger partial charge on any atom is -0.322 e. The monoisotopic (exact) mass is 238 g/mol. The number of carbonyl (C=O) groups excluding carboxylic acids is 1. The number of carbonyl (C=O) groups is 1. The van der Waals surface area contributed by atoms with E-state index in [-0.39, 0.29) is 17.5 Å². The second kappa shape index (κ2) is 5.77. The maximum atomic E-state index is 13.4. The molecule has 4 heteroatoms. The molecular weight excluding hydrogens is 219 g/mol. The van der Waals surface area contributed by atoms with Crippen molar-refractivity contribution in [2.45, 2.75) is 33.2 Å². The Kier molecular flexibility index (Phi) is 4.63. The van der Waals surface area contributed by atoms with Gasteiger partial charge in [0.1, 0.15) is 5.82 Å². The van der Waals surface area contributed by atoms with Crippen LogP contribution in [0.3, 0.4) is 0 Å². The molecule has 0 aliphatic carbocycles. The molecule has 0 radical (unpaired) electrons. The van der Waals surface area contributed by atoms with Crippen LogP contribution >= 0.6 is 0 Å². The molecule has 0 fully saturated rings. The molecule has 0 spiro atoms. The molecule has 0 bridgehead atoms. The molecule has 0 aliphatic rings. The van der Waals surface area contributed by atoms with Crippen LogP contribution in [-0.2, 0) is 4.79 Å². The molecule has 0 unspecified atom stereocenters. The topological polar surface area (TPSA) is 55.1 Å². The summed E-state index contributed by atoms with van der Waals surface area (Å²) in [6.07, 6.45) is 0.810. The predicted octanol–water partition coefficient (Wildman–Crippen LogP) is 2.45. The van der Waals surface area contributed by atoms with Crippen molar-refractivity contribution in [2.24, 2.45) is 11.7 Å². The number of amides is 1. The van der Waals surface area contributed by atoms with Crippen molar-refractivity contribution in [3.05, 3.63) is 29.6 Å². The summed E-state index contributed by atoms with van der Waals surface area (Å²) < 4.78 is 13.4. The molecule has 1 aromatic rings. The summed E-state index contributed by atoms with van der Waals surface area (Å²) in [4.78, 5) is 11.8. The maximum Gasteiger partial charge on any atom is 0.241 e. The molecular formula is C13H19FN2O. The van der Waals surface area contributed by atoms with E-state index in [9.17, 15) is 9.18 Å². The van der Waals surface area contributed by atoms with Crippen LogP contribution in [0.25, 0.3) is 0 Å². The fraction of sp³-hybridized carbons (Fsp3) is 0.462. The largest absolute Gasteiger partial charge is 0.322 e. The molecule has 1 rings (SSSR count). The molecule has 3 nitrogen and oxygen atoms in total. The first-order valence-corrected chi connectivity index (χ1v) is 5.78. The second-order valence-electron chi connectivity index (χ2n) is 4.38. The van der Waals surface area contributed by atoms with E-state index in [1.807, 2.05) is 20.8 Å². The average molecular weight is 238 g/mol. The Morgan fingerprint density at radius 1 is 1.53 bits per heavy atom. The Morgan fingerprint density at radius 3 is 2.76 bits per heavy atom. The molecule has 17 heavy (non-hydrogen) atoms. The third-order valence-electron chi connectivity index (χ3n) is 2.94. The first-order chi connectivity index (χ1) is 7.95. The lowest BCUT2D eigenvalue weighted by Crippen LogP contribution is -2.40. The Labute approximate surface area is 101 Å². The van der Waals surface area contributed by atoms with Gasteiger partial charge in [-0.2, -0.15) is 0 Å². The van der Waals surface area contributed by atoms with Gasteiger partial charge in [0, 0.05) is 0 Å². The van der Waals surface area contributed by atoms with Gasteiger partial charge in [-0.15, -0.1) is 0 Å². The lowest BCUT2D eigenvalue weighted by Gasteiger charge is -2.18. The van der Waals surface area contributed by atoms with Gasteiger partial charge in [-0.05, 0) is 30.5 Å². The van der Waals surface area contributed by atoms with Crippen molar-refractivity contribution in [1.82, 2.24) is 0 Å². The van der Waals surface area contributed by atoms with Crippen molar-refractivity contribution < 1.29 is 9.18 Å². The highest BCUT2D eigenvalue weighted by molar-refractivity contribution is 5.95. The summed E-state index contributed by atoms with van der Waals surface area (Å²) in [5.74, 6) is -0.716. The van der Waals surface area contributed by atoms with Crippen LogP contribution in [0.5, 0.6) is 0 Å². The summed E-state index contributed by atoms with van der Waals surface area (Å²) >= 11 is 0. The molecule has 0 aliphatic heterocycles. The van der Waals surface area contributed by atoms with Gasteiger partial charge < -0.3 is 11.1 Å². The van der Waals surface area contributed by atoms with E-state index in [4.69, 9.17) is 5.73 Å². The lowest BCUT2D eigenvalue weighted by atomic mass is 9.99. The zero-order chi connectivity index (χ0) is 13.0. The number of nitrogens with one attached hydrogen (secondary N) is 1. The number of aryl methyl sites for hydroxylation is 1. The number of nitrogens with two attached hydrogens (primary N) is 1. The highest BCUT2D eigenvalue weighted by Crippen LogP contribution is 2.16. The summed E-state index contributed by atoms with van der Waals surface area (Å²) in [6.45, 7) is 5.70. The normalized spacial score (nSPS) is 14.2. The maximum absolute atomic E-state index is 13.4. The molecule has 1 aromatic carbocycles. The summed E-state index contributed by atoms with van der Waals surface area (Å²) in [5, 5.41) is 2.53. The van der Waals surface area contributed by atoms with Crippen LogP contribution in [0.15, 0.2) is 18.2 Å². The summed E-state index contributed by atoms with van der Waals surface area (Å²) in [7, 11) is 0. The van der Waals surface area contributed by atoms with Crippen LogP contribution in [0.2, 0.25) is 0 Å². The fourth-order valence-corrected chi connectivity index (χ4v) is 1.46. The van der Waals surface area contributed by atoms with Crippen LogP contribution < -0.4 is 11.1 Å². The molecule has 94 valence electrons. The number of rotatable bonds is 4. The van der Waals surface area contributed by atoms with Crippen molar-refractivity contribution in [3.8, 4) is 0 Å². The van der Waals surface area contributed by atoms with Crippen LogP contribution in [-0.4, -0.2) is 11.9 Å². The molecule has 0 aromatic heterocycles. The first-order valence-electron chi connectivity index (χ1n) is 5.78.